The van der Waals surface area contributed by atoms with Crippen molar-refractivity contribution in [2.75, 3.05) is 0 Å². The number of carbonyl (C=O) groups excluding carboxylic acids is 1. The van der Waals surface area contributed by atoms with E-state index in [2.05, 4.69) is 23.3 Å². The van der Waals surface area contributed by atoms with Crippen LogP contribution in [0.1, 0.15) is 35.0 Å². The average molecular weight is 289 g/mol. The maximum Gasteiger partial charge on any atom is 0.185 e. The predicted octanol–water partition coefficient (Wildman–Crippen LogP) is 3.54. The number of halogens is 1. The molecule has 0 spiro atoms. The van der Waals surface area contributed by atoms with Crippen LogP contribution in [-0.4, -0.2) is 15.6 Å². The number of hydrogen-bond acceptors (Lipinski definition) is 2. The van der Waals surface area contributed by atoms with E-state index >= 15 is 0 Å². The minimum atomic E-state index is 0.0180. The molecule has 0 amide bonds. The van der Waals surface area contributed by atoms with Crippen molar-refractivity contribution in [1.82, 2.24) is 9.78 Å². The summed E-state index contributed by atoms with van der Waals surface area (Å²) in [5.74, 6) is 0.147. The number of ketones is 1. The third-order valence-electron chi connectivity index (χ3n) is 4.05. The average Bonchev–Trinajstić information content (AvgIpc) is 2.87. The number of aryl methyl sites for hydroxylation is 2. The van der Waals surface area contributed by atoms with E-state index in [9.17, 15) is 4.79 Å². The molecular formula is C16H17ClN2O. The molecule has 20 heavy (non-hydrogen) atoms. The molecule has 1 unspecified atom stereocenters. The fourth-order valence-electron chi connectivity index (χ4n) is 2.96. The SMILES string of the molecule is CCn1ncc(Cl)c1C(=O)C1CCc2ccccc2C1. The van der Waals surface area contributed by atoms with Gasteiger partial charge in [0.15, 0.2) is 5.78 Å². The summed E-state index contributed by atoms with van der Waals surface area (Å²) < 4.78 is 1.70. The van der Waals surface area contributed by atoms with Crippen molar-refractivity contribution in [1.29, 1.82) is 0 Å². The lowest BCUT2D eigenvalue weighted by molar-refractivity contribution is 0.0898. The van der Waals surface area contributed by atoms with Crippen molar-refractivity contribution < 1.29 is 4.79 Å². The molecule has 2 aromatic rings. The molecule has 104 valence electrons. The van der Waals surface area contributed by atoms with Gasteiger partial charge in [0.1, 0.15) is 5.69 Å². The van der Waals surface area contributed by atoms with Crippen molar-refractivity contribution in [3.8, 4) is 0 Å². The van der Waals surface area contributed by atoms with Crippen molar-refractivity contribution in [3.63, 3.8) is 0 Å². The second-order valence-electron chi connectivity index (χ2n) is 5.23. The third kappa shape index (κ3) is 2.27. The highest BCUT2D eigenvalue weighted by molar-refractivity contribution is 6.33. The van der Waals surface area contributed by atoms with E-state index in [0.29, 0.717) is 17.3 Å². The van der Waals surface area contributed by atoms with Gasteiger partial charge in [0, 0.05) is 12.5 Å². The van der Waals surface area contributed by atoms with Gasteiger partial charge >= 0.3 is 0 Å². The first-order chi connectivity index (χ1) is 9.70. The van der Waals surface area contributed by atoms with Crippen molar-refractivity contribution in [2.45, 2.75) is 32.7 Å². The van der Waals surface area contributed by atoms with Gasteiger partial charge < -0.3 is 0 Å². The Morgan fingerprint density at radius 2 is 2.15 bits per heavy atom. The highest BCUT2D eigenvalue weighted by Gasteiger charge is 2.29. The van der Waals surface area contributed by atoms with Gasteiger partial charge in [0.05, 0.1) is 11.2 Å². The molecule has 1 heterocycles. The molecule has 0 fully saturated rings. The largest absolute Gasteiger partial charge is 0.292 e. The van der Waals surface area contributed by atoms with E-state index in [0.717, 1.165) is 19.3 Å². The summed E-state index contributed by atoms with van der Waals surface area (Å²) >= 11 is 6.13. The Morgan fingerprint density at radius 1 is 1.40 bits per heavy atom. The minimum absolute atomic E-state index is 0.0180. The zero-order valence-corrected chi connectivity index (χ0v) is 12.2. The number of hydrogen-bond donors (Lipinski definition) is 0. The number of aromatic nitrogens is 2. The fraction of sp³-hybridized carbons (Fsp3) is 0.375. The molecular weight excluding hydrogens is 272 g/mol. The smallest absolute Gasteiger partial charge is 0.185 e. The highest BCUT2D eigenvalue weighted by Crippen LogP contribution is 2.29. The van der Waals surface area contributed by atoms with E-state index in [1.54, 1.807) is 10.9 Å². The molecule has 3 nitrogen and oxygen atoms in total. The topological polar surface area (TPSA) is 34.9 Å². The molecule has 1 aliphatic rings. The number of rotatable bonds is 3. The Bertz CT molecular complexity index is 648. The van der Waals surface area contributed by atoms with Gasteiger partial charge in [-0.2, -0.15) is 5.10 Å². The maximum absolute atomic E-state index is 12.7. The van der Waals surface area contributed by atoms with E-state index < -0.39 is 0 Å². The van der Waals surface area contributed by atoms with Crippen LogP contribution in [0, 0.1) is 5.92 Å². The quantitative estimate of drug-likeness (QED) is 0.810. The molecule has 0 aliphatic heterocycles. The molecule has 1 aromatic carbocycles. The molecule has 1 aliphatic carbocycles. The summed E-state index contributed by atoms with van der Waals surface area (Å²) in [6.07, 6.45) is 4.22. The maximum atomic E-state index is 12.7. The summed E-state index contributed by atoms with van der Waals surface area (Å²) in [7, 11) is 0. The normalized spacial score (nSPS) is 17.8. The zero-order valence-electron chi connectivity index (χ0n) is 11.5. The number of carbonyl (C=O) groups is 1. The summed E-state index contributed by atoms with van der Waals surface area (Å²) in [5.41, 5.74) is 3.22. The first-order valence-corrected chi connectivity index (χ1v) is 7.40. The van der Waals surface area contributed by atoms with E-state index in [-0.39, 0.29) is 11.7 Å². The monoisotopic (exact) mass is 288 g/mol. The summed E-state index contributed by atoms with van der Waals surface area (Å²) in [4.78, 5) is 12.7. The van der Waals surface area contributed by atoms with Crippen LogP contribution in [0.25, 0.3) is 0 Å². The van der Waals surface area contributed by atoms with Crippen LogP contribution < -0.4 is 0 Å². The Hall–Kier alpha value is -1.61. The molecule has 0 N–H and O–H groups in total. The highest BCUT2D eigenvalue weighted by atomic mass is 35.5. The molecule has 0 radical (unpaired) electrons. The number of nitrogens with zero attached hydrogens (tertiary/aromatic N) is 2. The Kier molecular flexibility index (Phi) is 3.62. The van der Waals surface area contributed by atoms with E-state index in [4.69, 9.17) is 11.6 Å². The first kappa shape index (κ1) is 13.4. The zero-order chi connectivity index (χ0) is 14.1. The summed E-state index contributed by atoms with van der Waals surface area (Å²) in [6, 6.07) is 8.37. The van der Waals surface area contributed by atoms with Crippen LogP contribution >= 0.6 is 11.6 Å². The molecule has 0 saturated heterocycles. The first-order valence-electron chi connectivity index (χ1n) is 7.03. The van der Waals surface area contributed by atoms with Crippen LogP contribution in [0.4, 0.5) is 0 Å². The van der Waals surface area contributed by atoms with Crippen LogP contribution in [0.2, 0.25) is 5.02 Å². The minimum Gasteiger partial charge on any atom is -0.292 e. The van der Waals surface area contributed by atoms with E-state index in [1.807, 2.05) is 13.0 Å². The molecule has 0 saturated carbocycles. The van der Waals surface area contributed by atoms with Gasteiger partial charge in [-0.25, -0.2) is 0 Å². The van der Waals surface area contributed by atoms with Crippen molar-refractivity contribution in [3.05, 3.63) is 52.3 Å². The third-order valence-corrected chi connectivity index (χ3v) is 4.32. The fourth-order valence-corrected chi connectivity index (χ4v) is 3.20. The standard InChI is InChI=1S/C16H17ClN2O/c1-2-19-15(14(17)10-18-19)16(20)13-8-7-11-5-3-4-6-12(11)9-13/h3-6,10,13H,2,7-9H2,1H3. The van der Waals surface area contributed by atoms with Gasteiger partial charge in [-0.05, 0) is 37.3 Å². The van der Waals surface area contributed by atoms with Crippen LogP contribution in [0.15, 0.2) is 30.5 Å². The van der Waals surface area contributed by atoms with Crippen molar-refractivity contribution >= 4 is 17.4 Å². The lowest BCUT2D eigenvalue weighted by atomic mass is 9.81. The van der Waals surface area contributed by atoms with Crippen LogP contribution in [0.5, 0.6) is 0 Å². The number of fused-ring (bicyclic) bond motifs is 1. The molecule has 0 bridgehead atoms. The van der Waals surface area contributed by atoms with Gasteiger partial charge in [0.25, 0.3) is 0 Å². The predicted molar refractivity (Wildman–Crippen MR) is 79.2 cm³/mol. The Labute approximate surface area is 123 Å². The Balaban J connectivity index is 1.88. The molecule has 4 heteroatoms. The van der Waals surface area contributed by atoms with E-state index in [1.165, 1.54) is 11.1 Å². The summed E-state index contributed by atoms with van der Waals surface area (Å²) in [5, 5.41) is 4.63. The summed E-state index contributed by atoms with van der Waals surface area (Å²) in [6.45, 7) is 2.63. The van der Waals surface area contributed by atoms with Crippen molar-refractivity contribution in [2.24, 2.45) is 5.92 Å². The van der Waals surface area contributed by atoms with Crippen LogP contribution in [-0.2, 0) is 19.4 Å². The van der Waals surface area contributed by atoms with Crippen LogP contribution in [0.3, 0.4) is 0 Å². The second-order valence-corrected chi connectivity index (χ2v) is 5.64. The molecule has 1 aromatic heterocycles. The number of benzene rings is 1. The molecule has 1 atom stereocenters. The van der Waals surface area contributed by atoms with Gasteiger partial charge in [0.2, 0.25) is 0 Å². The Morgan fingerprint density at radius 3 is 2.90 bits per heavy atom. The number of Topliss-reactive ketones (excluding diaryl/α,β-unsaturated/α-hetero) is 1. The van der Waals surface area contributed by atoms with Gasteiger partial charge in [-0.1, -0.05) is 35.9 Å². The lowest BCUT2D eigenvalue weighted by Crippen LogP contribution is -2.25. The molecule has 3 rings (SSSR count). The lowest BCUT2D eigenvalue weighted by Gasteiger charge is -2.23. The van der Waals surface area contributed by atoms with Gasteiger partial charge in [-0.3, -0.25) is 9.48 Å². The van der Waals surface area contributed by atoms with Gasteiger partial charge in [-0.15, -0.1) is 0 Å². The second kappa shape index (κ2) is 5.41.